The maximum Gasteiger partial charge on any atom is 0.239 e. The zero-order valence-corrected chi connectivity index (χ0v) is 15.9. The predicted molar refractivity (Wildman–Crippen MR) is 109 cm³/mol. The molecular weight excluding hydrogens is 336 g/mol. The highest BCUT2D eigenvalue weighted by molar-refractivity contribution is 5.86. The third kappa shape index (κ3) is 5.84. The number of aliphatic imine (C=N–C) groups is 1. The molecular formula is C22H28N4O. The van der Waals surface area contributed by atoms with E-state index < -0.39 is 0 Å². The second-order valence-corrected chi connectivity index (χ2v) is 6.95. The molecule has 5 nitrogen and oxygen atoms in total. The summed E-state index contributed by atoms with van der Waals surface area (Å²) in [6.07, 6.45) is 2.24. The summed E-state index contributed by atoms with van der Waals surface area (Å²) in [4.78, 5) is 18.7. The molecule has 1 fully saturated rings. The Labute approximate surface area is 161 Å². The first kappa shape index (κ1) is 19.0. The van der Waals surface area contributed by atoms with Crippen LogP contribution >= 0.6 is 0 Å². The van der Waals surface area contributed by atoms with E-state index in [1.165, 1.54) is 5.56 Å². The zero-order valence-electron chi connectivity index (χ0n) is 15.9. The van der Waals surface area contributed by atoms with Gasteiger partial charge in [0.25, 0.3) is 0 Å². The minimum Gasteiger partial charge on any atom is -0.350 e. The fourth-order valence-electron chi connectivity index (χ4n) is 3.49. The number of amides is 1. The molecule has 1 aliphatic rings. The Morgan fingerprint density at radius 1 is 1.04 bits per heavy atom. The average molecular weight is 364 g/mol. The lowest BCUT2D eigenvalue weighted by Gasteiger charge is -2.21. The molecule has 1 aliphatic heterocycles. The van der Waals surface area contributed by atoms with Gasteiger partial charge in [-0.1, -0.05) is 60.7 Å². The van der Waals surface area contributed by atoms with Gasteiger partial charge in [0.05, 0.1) is 6.54 Å². The summed E-state index contributed by atoms with van der Waals surface area (Å²) in [7, 11) is 1.77. The monoisotopic (exact) mass is 364 g/mol. The molecule has 0 bridgehead atoms. The summed E-state index contributed by atoms with van der Waals surface area (Å²) in [5.74, 6) is 1.40. The quantitative estimate of drug-likeness (QED) is 0.611. The van der Waals surface area contributed by atoms with Gasteiger partial charge >= 0.3 is 0 Å². The van der Waals surface area contributed by atoms with Crippen LogP contribution in [0.25, 0.3) is 0 Å². The van der Waals surface area contributed by atoms with Gasteiger partial charge in [0.2, 0.25) is 5.91 Å². The van der Waals surface area contributed by atoms with Crippen molar-refractivity contribution >= 4 is 11.9 Å². The Bertz CT molecular complexity index is 745. The van der Waals surface area contributed by atoms with E-state index in [0.29, 0.717) is 12.5 Å². The fraction of sp³-hybridized carbons (Fsp3) is 0.364. The van der Waals surface area contributed by atoms with Crippen LogP contribution in [0.4, 0.5) is 0 Å². The van der Waals surface area contributed by atoms with Crippen LogP contribution < -0.4 is 10.6 Å². The van der Waals surface area contributed by atoms with Crippen molar-refractivity contribution in [2.24, 2.45) is 10.9 Å². The van der Waals surface area contributed by atoms with Crippen LogP contribution in [-0.2, 0) is 17.8 Å². The van der Waals surface area contributed by atoms with Crippen molar-refractivity contribution in [3.05, 3.63) is 71.8 Å². The summed E-state index contributed by atoms with van der Waals surface area (Å²) >= 11 is 0. The molecule has 1 amide bonds. The van der Waals surface area contributed by atoms with E-state index in [0.717, 1.165) is 37.5 Å². The molecule has 2 N–H and O–H groups in total. The molecule has 1 heterocycles. The number of nitrogens with zero attached hydrogens (tertiary/aromatic N) is 2. The number of carbonyl (C=O) groups excluding carboxylic acids is 1. The lowest BCUT2D eigenvalue weighted by atomic mass is 9.99. The van der Waals surface area contributed by atoms with Crippen molar-refractivity contribution in [2.75, 3.05) is 26.7 Å². The Morgan fingerprint density at radius 2 is 1.70 bits per heavy atom. The number of nitrogens with one attached hydrogen (secondary N) is 2. The van der Waals surface area contributed by atoms with Crippen molar-refractivity contribution in [3.63, 3.8) is 0 Å². The van der Waals surface area contributed by atoms with E-state index in [1.54, 1.807) is 7.05 Å². The SMILES string of the molecule is CN=C(NCC(=O)NCc1ccccc1)N1CCC(Cc2ccccc2)C1. The second kappa shape index (κ2) is 9.76. The minimum absolute atomic E-state index is 0.0277. The number of hydrogen-bond acceptors (Lipinski definition) is 2. The summed E-state index contributed by atoms with van der Waals surface area (Å²) < 4.78 is 0. The van der Waals surface area contributed by atoms with Gasteiger partial charge in [-0.15, -0.1) is 0 Å². The first-order valence-corrected chi connectivity index (χ1v) is 9.54. The predicted octanol–water partition coefficient (Wildman–Crippen LogP) is 2.44. The summed E-state index contributed by atoms with van der Waals surface area (Å²) in [6, 6.07) is 20.5. The third-order valence-corrected chi connectivity index (χ3v) is 4.90. The number of hydrogen-bond donors (Lipinski definition) is 2. The van der Waals surface area contributed by atoms with Crippen molar-refractivity contribution in [3.8, 4) is 0 Å². The van der Waals surface area contributed by atoms with Crippen molar-refractivity contribution in [1.29, 1.82) is 0 Å². The van der Waals surface area contributed by atoms with Gasteiger partial charge in [-0.2, -0.15) is 0 Å². The second-order valence-electron chi connectivity index (χ2n) is 6.95. The molecule has 3 rings (SSSR count). The lowest BCUT2D eigenvalue weighted by molar-refractivity contribution is -0.120. The van der Waals surface area contributed by atoms with Crippen molar-refractivity contribution in [1.82, 2.24) is 15.5 Å². The molecule has 0 spiro atoms. The van der Waals surface area contributed by atoms with Crippen molar-refractivity contribution in [2.45, 2.75) is 19.4 Å². The molecule has 1 unspecified atom stereocenters. The number of carbonyl (C=O) groups is 1. The number of rotatable bonds is 6. The Hall–Kier alpha value is -2.82. The summed E-state index contributed by atoms with van der Waals surface area (Å²) in [6.45, 7) is 2.73. The zero-order chi connectivity index (χ0) is 18.9. The van der Waals surface area contributed by atoms with Gasteiger partial charge in [0.15, 0.2) is 5.96 Å². The van der Waals surface area contributed by atoms with Crippen LogP contribution in [0.5, 0.6) is 0 Å². The summed E-state index contributed by atoms with van der Waals surface area (Å²) in [5, 5.41) is 6.13. The van der Waals surface area contributed by atoms with E-state index >= 15 is 0 Å². The maximum absolute atomic E-state index is 12.1. The molecule has 2 aromatic rings. The van der Waals surface area contributed by atoms with Crippen molar-refractivity contribution < 1.29 is 4.79 Å². The van der Waals surface area contributed by atoms with E-state index in [1.807, 2.05) is 30.3 Å². The van der Waals surface area contributed by atoms with Crippen LogP contribution in [0, 0.1) is 5.92 Å². The highest BCUT2D eigenvalue weighted by Gasteiger charge is 2.25. The van der Waals surface area contributed by atoms with E-state index in [9.17, 15) is 4.79 Å². The number of guanidine groups is 1. The molecule has 2 aromatic carbocycles. The highest BCUT2D eigenvalue weighted by atomic mass is 16.1. The molecule has 0 aliphatic carbocycles. The molecule has 0 aromatic heterocycles. The Kier molecular flexibility index (Phi) is 6.85. The highest BCUT2D eigenvalue weighted by Crippen LogP contribution is 2.20. The van der Waals surface area contributed by atoms with E-state index in [-0.39, 0.29) is 12.5 Å². The normalized spacial score (nSPS) is 17.0. The lowest BCUT2D eigenvalue weighted by Crippen LogP contribution is -2.44. The molecule has 1 atom stereocenters. The van der Waals surface area contributed by atoms with Crippen LogP contribution in [0.15, 0.2) is 65.7 Å². The number of benzene rings is 2. The van der Waals surface area contributed by atoms with Gasteiger partial charge in [-0.25, -0.2) is 0 Å². The van der Waals surface area contributed by atoms with Crippen LogP contribution in [0.3, 0.4) is 0 Å². The molecule has 5 heteroatoms. The van der Waals surface area contributed by atoms with E-state index in [4.69, 9.17) is 0 Å². The van der Waals surface area contributed by atoms with Crippen LogP contribution in [0.2, 0.25) is 0 Å². The fourth-order valence-corrected chi connectivity index (χ4v) is 3.49. The van der Waals surface area contributed by atoms with Gasteiger partial charge in [0.1, 0.15) is 0 Å². The first-order chi connectivity index (χ1) is 13.2. The van der Waals surface area contributed by atoms with Gasteiger partial charge in [0, 0.05) is 26.7 Å². The maximum atomic E-state index is 12.1. The smallest absolute Gasteiger partial charge is 0.239 e. The largest absolute Gasteiger partial charge is 0.350 e. The Morgan fingerprint density at radius 3 is 2.37 bits per heavy atom. The van der Waals surface area contributed by atoms with Gasteiger partial charge < -0.3 is 15.5 Å². The molecule has 0 saturated carbocycles. The molecule has 142 valence electrons. The minimum atomic E-state index is -0.0277. The Balaban J connectivity index is 1.42. The topological polar surface area (TPSA) is 56.7 Å². The average Bonchev–Trinajstić information content (AvgIpc) is 3.16. The number of likely N-dealkylation sites (tertiary alicyclic amines) is 1. The van der Waals surface area contributed by atoms with Crippen LogP contribution in [0.1, 0.15) is 17.5 Å². The van der Waals surface area contributed by atoms with E-state index in [2.05, 4.69) is 50.9 Å². The standard InChI is InChI=1S/C22H28N4O/c1-23-22(25-16-21(27)24-15-19-10-6-3-7-11-19)26-13-12-20(17-26)14-18-8-4-2-5-9-18/h2-11,20H,12-17H2,1H3,(H,23,25)(H,24,27). The summed E-state index contributed by atoms with van der Waals surface area (Å²) in [5.41, 5.74) is 2.48. The molecule has 27 heavy (non-hydrogen) atoms. The van der Waals surface area contributed by atoms with Gasteiger partial charge in [-0.05, 0) is 29.9 Å². The first-order valence-electron chi connectivity index (χ1n) is 9.54. The van der Waals surface area contributed by atoms with Crippen LogP contribution in [-0.4, -0.2) is 43.4 Å². The van der Waals surface area contributed by atoms with Gasteiger partial charge in [-0.3, -0.25) is 9.79 Å². The third-order valence-electron chi connectivity index (χ3n) is 4.90. The molecule has 1 saturated heterocycles. The molecule has 0 radical (unpaired) electrons.